The number of ketones is 1. The first-order valence-corrected chi connectivity index (χ1v) is 8.22. The summed E-state index contributed by atoms with van der Waals surface area (Å²) in [4.78, 5) is 19.6. The molecule has 0 spiro atoms. The van der Waals surface area contributed by atoms with Crippen LogP contribution < -0.4 is 4.90 Å². The van der Waals surface area contributed by atoms with Gasteiger partial charge in [0, 0.05) is 24.2 Å². The third kappa shape index (κ3) is 2.03. The van der Waals surface area contributed by atoms with E-state index >= 15 is 0 Å². The van der Waals surface area contributed by atoms with Gasteiger partial charge < -0.3 is 10.0 Å². The lowest BCUT2D eigenvalue weighted by Crippen LogP contribution is -2.48. The standard InChI is InChI=1S/C20H20N2O2/c1-12-5-4-6-15(9-12)22-8-7-20(24)18(23)16-10-13(2)14(3)11-17(16)21-19(20)22/h4-6,9-11,24H,7-8H2,1-3H3/t20-/m1/s1. The van der Waals surface area contributed by atoms with Gasteiger partial charge in [-0.15, -0.1) is 0 Å². The molecule has 122 valence electrons. The molecule has 4 rings (SSSR count). The molecule has 2 aromatic carbocycles. The number of benzene rings is 2. The Bertz CT molecular complexity index is 901. The predicted octanol–water partition coefficient (Wildman–Crippen LogP) is 3.48. The number of fused-ring (bicyclic) bond motifs is 2. The molecule has 0 radical (unpaired) electrons. The Kier molecular flexibility index (Phi) is 3.15. The largest absolute Gasteiger partial charge is 0.374 e. The van der Waals surface area contributed by atoms with E-state index in [1.807, 2.05) is 56.0 Å². The van der Waals surface area contributed by atoms with Crippen LogP contribution in [0.25, 0.3) is 0 Å². The summed E-state index contributed by atoms with van der Waals surface area (Å²) in [7, 11) is 0. The third-order valence-electron chi connectivity index (χ3n) is 5.09. The van der Waals surface area contributed by atoms with E-state index in [2.05, 4.69) is 6.07 Å². The van der Waals surface area contributed by atoms with Gasteiger partial charge in [-0.25, -0.2) is 4.99 Å². The number of rotatable bonds is 1. The Balaban J connectivity index is 1.89. The molecule has 2 aliphatic rings. The highest BCUT2D eigenvalue weighted by atomic mass is 16.3. The lowest BCUT2D eigenvalue weighted by Gasteiger charge is -2.30. The van der Waals surface area contributed by atoms with Crippen molar-refractivity contribution in [3.05, 3.63) is 58.7 Å². The van der Waals surface area contributed by atoms with Gasteiger partial charge in [-0.3, -0.25) is 4.79 Å². The Morgan fingerprint density at radius 3 is 2.62 bits per heavy atom. The smallest absolute Gasteiger partial charge is 0.204 e. The zero-order chi connectivity index (χ0) is 17.1. The van der Waals surface area contributed by atoms with Crippen molar-refractivity contribution in [3.8, 4) is 0 Å². The van der Waals surface area contributed by atoms with Gasteiger partial charge >= 0.3 is 0 Å². The van der Waals surface area contributed by atoms with Crippen LogP contribution in [0.2, 0.25) is 0 Å². The van der Waals surface area contributed by atoms with E-state index in [-0.39, 0.29) is 5.78 Å². The van der Waals surface area contributed by atoms with Gasteiger partial charge in [-0.2, -0.15) is 0 Å². The molecule has 1 fully saturated rings. The highest BCUT2D eigenvalue weighted by molar-refractivity contribution is 6.28. The first-order chi connectivity index (χ1) is 11.4. The Morgan fingerprint density at radius 2 is 1.88 bits per heavy atom. The molecular weight excluding hydrogens is 300 g/mol. The van der Waals surface area contributed by atoms with Crippen LogP contribution in [0.1, 0.15) is 33.5 Å². The average Bonchev–Trinajstić information content (AvgIpc) is 2.88. The van der Waals surface area contributed by atoms with Gasteiger partial charge in [0.1, 0.15) is 5.84 Å². The molecular formula is C20H20N2O2. The molecule has 2 aliphatic heterocycles. The van der Waals surface area contributed by atoms with E-state index in [9.17, 15) is 9.90 Å². The first-order valence-electron chi connectivity index (χ1n) is 8.22. The summed E-state index contributed by atoms with van der Waals surface area (Å²) >= 11 is 0. The fraction of sp³-hybridized carbons (Fsp3) is 0.300. The molecule has 0 aliphatic carbocycles. The molecule has 0 aromatic heterocycles. The monoisotopic (exact) mass is 320 g/mol. The normalized spacial score (nSPS) is 22.2. The second kappa shape index (κ2) is 5.02. The number of amidine groups is 1. The maximum Gasteiger partial charge on any atom is 0.204 e. The summed E-state index contributed by atoms with van der Waals surface area (Å²) in [5, 5.41) is 11.1. The number of hydrogen-bond acceptors (Lipinski definition) is 4. The second-order valence-corrected chi connectivity index (χ2v) is 6.82. The molecule has 24 heavy (non-hydrogen) atoms. The zero-order valence-corrected chi connectivity index (χ0v) is 14.1. The summed E-state index contributed by atoms with van der Waals surface area (Å²) in [5.41, 5.74) is 3.90. The van der Waals surface area contributed by atoms with Crippen molar-refractivity contribution in [3.63, 3.8) is 0 Å². The van der Waals surface area contributed by atoms with Crippen LogP contribution in [0.3, 0.4) is 0 Å². The van der Waals surface area contributed by atoms with Crippen molar-refractivity contribution >= 4 is 23.0 Å². The van der Waals surface area contributed by atoms with E-state index in [0.29, 0.717) is 30.1 Å². The van der Waals surface area contributed by atoms with Gasteiger partial charge in [-0.1, -0.05) is 12.1 Å². The summed E-state index contributed by atoms with van der Waals surface area (Å²) in [6, 6.07) is 11.8. The maximum atomic E-state index is 13.0. The number of carbonyl (C=O) groups is 1. The topological polar surface area (TPSA) is 52.9 Å². The molecule has 4 nitrogen and oxygen atoms in total. The van der Waals surface area contributed by atoms with Crippen LogP contribution in [0.4, 0.5) is 11.4 Å². The lowest BCUT2D eigenvalue weighted by molar-refractivity contribution is 0.0602. The van der Waals surface area contributed by atoms with Crippen LogP contribution in [-0.2, 0) is 0 Å². The molecule has 2 heterocycles. The van der Waals surface area contributed by atoms with Gasteiger partial charge in [0.15, 0.2) is 5.60 Å². The number of hydrogen-bond donors (Lipinski definition) is 1. The summed E-state index contributed by atoms with van der Waals surface area (Å²) in [5.74, 6) is 0.217. The number of anilines is 1. The van der Waals surface area contributed by atoms with Gasteiger partial charge in [-0.05, 0) is 61.7 Å². The molecule has 0 amide bonds. The average molecular weight is 320 g/mol. The number of aliphatic hydroxyl groups is 1. The van der Waals surface area contributed by atoms with Crippen molar-refractivity contribution in [1.29, 1.82) is 0 Å². The highest BCUT2D eigenvalue weighted by Crippen LogP contribution is 2.40. The minimum atomic E-state index is -1.52. The molecule has 0 bridgehead atoms. The fourth-order valence-corrected chi connectivity index (χ4v) is 3.54. The third-order valence-corrected chi connectivity index (χ3v) is 5.09. The van der Waals surface area contributed by atoms with Crippen LogP contribution in [-0.4, -0.2) is 28.9 Å². The van der Waals surface area contributed by atoms with Crippen molar-refractivity contribution < 1.29 is 9.90 Å². The molecule has 1 saturated heterocycles. The van der Waals surface area contributed by atoms with E-state index in [1.165, 1.54) is 0 Å². The lowest BCUT2D eigenvalue weighted by atomic mass is 9.86. The second-order valence-electron chi connectivity index (χ2n) is 6.82. The molecule has 0 saturated carbocycles. The van der Waals surface area contributed by atoms with E-state index in [4.69, 9.17) is 4.99 Å². The highest BCUT2D eigenvalue weighted by Gasteiger charge is 2.52. The molecule has 4 heteroatoms. The van der Waals surface area contributed by atoms with E-state index < -0.39 is 5.60 Å². The van der Waals surface area contributed by atoms with Gasteiger partial charge in [0.05, 0.1) is 5.69 Å². The quantitative estimate of drug-likeness (QED) is 0.875. The molecule has 0 unspecified atom stereocenters. The van der Waals surface area contributed by atoms with Crippen LogP contribution in [0.15, 0.2) is 41.4 Å². The Labute approximate surface area is 141 Å². The number of aliphatic imine (C=N–C) groups is 1. The molecule has 1 N–H and O–H groups in total. The SMILES string of the molecule is Cc1cccc(N2CC[C@@]3(O)C(=O)c4cc(C)c(C)cc4N=C23)c1. The van der Waals surface area contributed by atoms with Gasteiger partial charge in [0.2, 0.25) is 5.78 Å². The van der Waals surface area contributed by atoms with Crippen molar-refractivity contribution in [2.75, 3.05) is 11.4 Å². The summed E-state index contributed by atoms with van der Waals surface area (Å²) < 4.78 is 0. The van der Waals surface area contributed by atoms with E-state index in [0.717, 1.165) is 22.4 Å². The summed E-state index contributed by atoms with van der Waals surface area (Å²) in [6.45, 7) is 6.59. The zero-order valence-electron chi connectivity index (χ0n) is 14.1. The van der Waals surface area contributed by atoms with Gasteiger partial charge in [0.25, 0.3) is 0 Å². The number of carbonyl (C=O) groups excluding carboxylic acids is 1. The van der Waals surface area contributed by atoms with Crippen LogP contribution >= 0.6 is 0 Å². The van der Waals surface area contributed by atoms with E-state index in [1.54, 1.807) is 0 Å². The maximum absolute atomic E-state index is 13.0. The number of aryl methyl sites for hydroxylation is 3. The van der Waals surface area contributed by atoms with Crippen LogP contribution in [0, 0.1) is 20.8 Å². The Hall–Kier alpha value is -2.46. The van der Waals surface area contributed by atoms with Crippen molar-refractivity contribution in [2.24, 2.45) is 4.99 Å². The summed E-state index contributed by atoms with van der Waals surface area (Å²) in [6.07, 6.45) is 0.366. The number of Topliss-reactive ketones (excluding diaryl/α,β-unsaturated/α-hetero) is 1. The molecule has 2 aromatic rings. The first kappa shape index (κ1) is 15.1. The minimum Gasteiger partial charge on any atom is -0.374 e. The minimum absolute atomic E-state index is 0.235. The van der Waals surface area contributed by atoms with Crippen molar-refractivity contribution in [1.82, 2.24) is 0 Å². The molecule has 1 atom stereocenters. The predicted molar refractivity (Wildman–Crippen MR) is 95.4 cm³/mol. The van der Waals surface area contributed by atoms with Crippen molar-refractivity contribution in [2.45, 2.75) is 32.8 Å². The van der Waals surface area contributed by atoms with Crippen LogP contribution in [0.5, 0.6) is 0 Å². The Morgan fingerprint density at radius 1 is 1.12 bits per heavy atom. The fourth-order valence-electron chi connectivity index (χ4n) is 3.54. The number of nitrogens with zero attached hydrogens (tertiary/aromatic N) is 2.